The number of carbonyl (C=O) groups is 3. The molecule has 0 spiro atoms. The average Bonchev–Trinajstić information content (AvgIpc) is 2.91. The lowest BCUT2D eigenvalue weighted by Gasteiger charge is -2.15. The molecule has 23 heavy (non-hydrogen) atoms. The summed E-state index contributed by atoms with van der Waals surface area (Å²) < 4.78 is 10.00. The van der Waals surface area contributed by atoms with E-state index in [1.807, 2.05) is 0 Å². The van der Waals surface area contributed by atoms with Crippen LogP contribution in [-0.4, -0.2) is 31.8 Å². The third kappa shape index (κ3) is 4.55. The molecule has 0 aliphatic heterocycles. The van der Waals surface area contributed by atoms with Crippen molar-refractivity contribution in [3.63, 3.8) is 0 Å². The van der Waals surface area contributed by atoms with Crippen molar-refractivity contribution in [1.82, 2.24) is 0 Å². The monoisotopic (exact) mass is 338 g/mol. The number of aldehydes is 1. The summed E-state index contributed by atoms with van der Waals surface area (Å²) in [4.78, 5) is 34.1. The van der Waals surface area contributed by atoms with Gasteiger partial charge < -0.3 is 14.3 Å². The molecule has 124 valence electrons. The maximum Gasteiger partial charge on any atom is 0.343 e. The van der Waals surface area contributed by atoms with Crippen LogP contribution in [0.2, 0.25) is 5.02 Å². The molecule has 2 rings (SSSR count). The van der Waals surface area contributed by atoms with E-state index in [0.29, 0.717) is 36.5 Å². The Hall–Kier alpha value is -1.88. The summed E-state index contributed by atoms with van der Waals surface area (Å²) in [5.41, 5.74) is 0.811. The van der Waals surface area contributed by atoms with E-state index in [4.69, 9.17) is 16.3 Å². The topological polar surface area (TPSA) is 69.7 Å². The Morgan fingerprint density at radius 1 is 1.43 bits per heavy atom. The zero-order valence-electron chi connectivity index (χ0n) is 12.9. The number of hydrogen-bond acceptors (Lipinski definition) is 5. The van der Waals surface area contributed by atoms with Gasteiger partial charge in [0.25, 0.3) is 0 Å². The number of benzene rings is 1. The van der Waals surface area contributed by atoms with E-state index in [9.17, 15) is 14.4 Å². The standard InChI is InChI=1S/C17H19ClO5/c1-22-17(21)10-23-16-7-4-13(18)8-11(16)2-5-14-12(9-19)3-6-15(14)20/h4,7-9,12,14H,2-3,5-6,10H2,1H3/t12-,14-/m1/s1. The summed E-state index contributed by atoms with van der Waals surface area (Å²) in [6, 6.07) is 5.12. The molecule has 6 heteroatoms. The first-order valence-corrected chi connectivity index (χ1v) is 7.89. The molecule has 5 nitrogen and oxygen atoms in total. The highest BCUT2D eigenvalue weighted by Gasteiger charge is 2.33. The third-order valence-electron chi connectivity index (χ3n) is 4.15. The number of hydrogen-bond donors (Lipinski definition) is 0. The van der Waals surface area contributed by atoms with Gasteiger partial charge in [-0.15, -0.1) is 0 Å². The normalized spacial score (nSPS) is 20.3. The molecule has 1 aromatic rings. The van der Waals surface area contributed by atoms with Gasteiger partial charge in [0.1, 0.15) is 17.8 Å². The summed E-state index contributed by atoms with van der Waals surface area (Å²) in [6.45, 7) is -0.190. The first kappa shape index (κ1) is 17.5. The second-order valence-electron chi connectivity index (χ2n) is 5.57. The predicted molar refractivity (Wildman–Crippen MR) is 84.6 cm³/mol. The minimum Gasteiger partial charge on any atom is -0.482 e. The molecule has 0 amide bonds. The highest BCUT2D eigenvalue weighted by Crippen LogP contribution is 2.32. The van der Waals surface area contributed by atoms with Gasteiger partial charge in [0.2, 0.25) is 0 Å². The molecule has 0 aromatic heterocycles. The van der Waals surface area contributed by atoms with Crippen LogP contribution in [0.25, 0.3) is 0 Å². The van der Waals surface area contributed by atoms with Crippen molar-refractivity contribution in [3.05, 3.63) is 28.8 Å². The molecule has 0 bridgehead atoms. The quantitative estimate of drug-likeness (QED) is 0.564. The van der Waals surface area contributed by atoms with Gasteiger partial charge in [-0.25, -0.2) is 4.79 Å². The Morgan fingerprint density at radius 2 is 2.22 bits per heavy atom. The van der Waals surface area contributed by atoms with Crippen LogP contribution in [-0.2, 0) is 25.5 Å². The van der Waals surface area contributed by atoms with Crippen molar-refractivity contribution < 1.29 is 23.9 Å². The maximum absolute atomic E-state index is 11.9. The molecule has 1 aliphatic carbocycles. The number of esters is 1. The zero-order valence-corrected chi connectivity index (χ0v) is 13.7. The van der Waals surface area contributed by atoms with Gasteiger partial charge >= 0.3 is 5.97 Å². The molecule has 0 N–H and O–H groups in total. The van der Waals surface area contributed by atoms with Gasteiger partial charge in [-0.05, 0) is 43.0 Å². The molecule has 1 fully saturated rings. The summed E-state index contributed by atoms with van der Waals surface area (Å²) >= 11 is 6.02. The molecule has 1 aliphatic rings. The van der Waals surface area contributed by atoms with Gasteiger partial charge in [-0.3, -0.25) is 4.79 Å². The number of rotatable bonds is 7. The molecular weight excluding hydrogens is 320 g/mol. The molecule has 1 aromatic carbocycles. The first-order chi connectivity index (χ1) is 11.0. The fourth-order valence-electron chi connectivity index (χ4n) is 2.86. The number of halogens is 1. The Balaban J connectivity index is 2.06. The molecule has 0 radical (unpaired) electrons. The first-order valence-electron chi connectivity index (χ1n) is 7.51. The second-order valence-corrected chi connectivity index (χ2v) is 6.00. The van der Waals surface area contributed by atoms with Crippen molar-refractivity contribution in [2.24, 2.45) is 11.8 Å². The van der Waals surface area contributed by atoms with Crippen LogP contribution in [0, 0.1) is 11.8 Å². The van der Waals surface area contributed by atoms with Crippen LogP contribution in [0.3, 0.4) is 0 Å². The summed E-state index contributed by atoms with van der Waals surface area (Å²) in [6.07, 6.45) is 3.10. The highest BCUT2D eigenvalue weighted by molar-refractivity contribution is 6.30. The van der Waals surface area contributed by atoms with E-state index < -0.39 is 5.97 Å². The summed E-state index contributed by atoms with van der Waals surface area (Å²) in [7, 11) is 1.29. The number of ether oxygens (including phenoxy) is 2. The summed E-state index contributed by atoms with van der Waals surface area (Å²) in [5.74, 6) is -0.229. The Bertz CT molecular complexity index is 599. The van der Waals surface area contributed by atoms with E-state index in [2.05, 4.69) is 4.74 Å². The Labute approximate surface area is 139 Å². The van der Waals surface area contributed by atoms with E-state index in [1.165, 1.54) is 7.11 Å². The minimum atomic E-state index is -0.474. The molecule has 0 saturated heterocycles. The fraction of sp³-hybridized carbons (Fsp3) is 0.471. The van der Waals surface area contributed by atoms with Gasteiger partial charge in [-0.2, -0.15) is 0 Å². The Morgan fingerprint density at radius 3 is 2.91 bits per heavy atom. The summed E-state index contributed by atoms with van der Waals surface area (Å²) in [5, 5.41) is 0.551. The third-order valence-corrected chi connectivity index (χ3v) is 4.38. The van der Waals surface area contributed by atoms with Crippen molar-refractivity contribution in [2.45, 2.75) is 25.7 Å². The largest absolute Gasteiger partial charge is 0.482 e. The second kappa shape index (κ2) is 8.11. The van der Waals surface area contributed by atoms with E-state index >= 15 is 0 Å². The molecule has 0 heterocycles. The smallest absolute Gasteiger partial charge is 0.343 e. The SMILES string of the molecule is COC(=O)COc1ccc(Cl)cc1CC[C@H]1C(=O)CC[C@@H]1C=O. The zero-order chi connectivity index (χ0) is 16.8. The molecule has 0 unspecified atom stereocenters. The van der Waals surface area contributed by atoms with Crippen LogP contribution < -0.4 is 4.74 Å². The number of carbonyl (C=O) groups excluding carboxylic acids is 3. The number of Topliss-reactive ketones (excluding diaryl/α,β-unsaturated/α-hetero) is 1. The lowest BCUT2D eigenvalue weighted by atomic mass is 9.90. The van der Waals surface area contributed by atoms with Crippen LogP contribution in [0.4, 0.5) is 0 Å². The van der Waals surface area contributed by atoms with Crippen LogP contribution in [0.1, 0.15) is 24.8 Å². The van der Waals surface area contributed by atoms with E-state index in [-0.39, 0.29) is 24.2 Å². The average molecular weight is 339 g/mol. The minimum absolute atomic E-state index is 0.140. The van der Waals surface area contributed by atoms with Crippen LogP contribution >= 0.6 is 11.6 Å². The van der Waals surface area contributed by atoms with Gasteiger partial charge in [0.15, 0.2) is 6.61 Å². The lowest BCUT2D eigenvalue weighted by Crippen LogP contribution is -2.17. The molecule has 2 atom stereocenters. The van der Waals surface area contributed by atoms with Crippen LogP contribution in [0.15, 0.2) is 18.2 Å². The van der Waals surface area contributed by atoms with Crippen LogP contribution in [0.5, 0.6) is 5.75 Å². The van der Waals surface area contributed by atoms with Crippen molar-refractivity contribution in [3.8, 4) is 5.75 Å². The lowest BCUT2D eigenvalue weighted by molar-refractivity contribution is -0.142. The van der Waals surface area contributed by atoms with Gasteiger partial charge in [-0.1, -0.05) is 11.6 Å². The number of ketones is 1. The number of methoxy groups -OCH3 is 1. The number of aryl methyl sites for hydroxylation is 1. The highest BCUT2D eigenvalue weighted by atomic mass is 35.5. The van der Waals surface area contributed by atoms with Gasteiger partial charge in [0, 0.05) is 23.3 Å². The molecule has 1 saturated carbocycles. The maximum atomic E-state index is 11.9. The fourth-order valence-corrected chi connectivity index (χ4v) is 3.06. The van der Waals surface area contributed by atoms with Crippen molar-refractivity contribution in [1.29, 1.82) is 0 Å². The van der Waals surface area contributed by atoms with Crippen molar-refractivity contribution in [2.75, 3.05) is 13.7 Å². The predicted octanol–water partition coefficient (Wildman–Crippen LogP) is 2.62. The molecular formula is C17H19ClO5. The van der Waals surface area contributed by atoms with Gasteiger partial charge in [0.05, 0.1) is 7.11 Å². The Kier molecular flexibility index (Phi) is 6.16. The van der Waals surface area contributed by atoms with Crippen molar-refractivity contribution >= 4 is 29.6 Å². The van der Waals surface area contributed by atoms with E-state index in [0.717, 1.165) is 11.8 Å². The van der Waals surface area contributed by atoms with E-state index in [1.54, 1.807) is 18.2 Å².